The number of aliphatic hydroxyl groups is 1. The summed E-state index contributed by atoms with van der Waals surface area (Å²) in [5, 5.41) is 9.43. The van der Waals surface area contributed by atoms with E-state index in [-0.39, 0.29) is 0 Å². The summed E-state index contributed by atoms with van der Waals surface area (Å²) in [6.07, 6.45) is 0.123. The van der Waals surface area contributed by atoms with Crippen molar-refractivity contribution in [1.82, 2.24) is 0 Å². The number of halogens is 1. The largest absolute Gasteiger partial charge is 0.388 e. The Bertz CT molecular complexity index is 256. The van der Waals surface area contributed by atoms with E-state index in [4.69, 9.17) is 0 Å². The summed E-state index contributed by atoms with van der Waals surface area (Å²) in [6, 6.07) is 9.84. The van der Waals surface area contributed by atoms with E-state index in [0.717, 1.165) is 5.56 Å². The normalized spacial score (nSPS) is 12.5. The minimum absolute atomic E-state index is 0.493. The van der Waals surface area contributed by atoms with E-state index in [1.807, 2.05) is 30.3 Å². The van der Waals surface area contributed by atoms with Crippen LogP contribution >= 0.6 is 15.9 Å². The summed E-state index contributed by atoms with van der Waals surface area (Å²) in [7, 11) is 0. The van der Waals surface area contributed by atoms with Crippen LogP contribution in [0.2, 0.25) is 0 Å². The SMILES string of the molecule is C=C(Br)[C@H](O)Cc1ccccc1. The Labute approximate surface area is 80.9 Å². The average molecular weight is 227 g/mol. The van der Waals surface area contributed by atoms with Gasteiger partial charge in [-0.2, -0.15) is 0 Å². The summed E-state index contributed by atoms with van der Waals surface area (Å²) in [5.41, 5.74) is 1.12. The molecule has 0 aromatic heterocycles. The van der Waals surface area contributed by atoms with E-state index in [9.17, 15) is 5.11 Å². The number of aliphatic hydroxyl groups excluding tert-OH is 1. The molecule has 12 heavy (non-hydrogen) atoms. The molecule has 0 saturated heterocycles. The van der Waals surface area contributed by atoms with E-state index < -0.39 is 6.10 Å². The Kier molecular flexibility index (Phi) is 3.50. The summed E-state index contributed by atoms with van der Waals surface area (Å²) < 4.78 is 0.631. The van der Waals surface area contributed by atoms with Crippen molar-refractivity contribution in [2.75, 3.05) is 0 Å². The van der Waals surface area contributed by atoms with Crippen molar-refractivity contribution in [3.05, 3.63) is 47.0 Å². The van der Waals surface area contributed by atoms with Crippen LogP contribution in [0.25, 0.3) is 0 Å². The standard InChI is InChI=1S/C10H11BrO/c1-8(11)10(12)7-9-5-3-2-4-6-9/h2-6,10,12H,1,7H2/t10-/m1/s1. The Morgan fingerprint density at radius 3 is 2.50 bits per heavy atom. The molecule has 0 unspecified atom stereocenters. The predicted octanol–water partition coefficient (Wildman–Crippen LogP) is 2.50. The second-order valence-electron chi connectivity index (χ2n) is 2.65. The molecule has 0 aliphatic rings. The zero-order valence-electron chi connectivity index (χ0n) is 6.70. The topological polar surface area (TPSA) is 20.2 Å². The third kappa shape index (κ3) is 2.80. The van der Waals surface area contributed by atoms with Crippen molar-refractivity contribution in [1.29, 1.82) is 0 Å². The second-order valence-corrected chi connectivity index (χ2v) is 3.67. The maximum atomic E-state index is 9.43. The summed E-state index contributed by atoms with van der Waals surface area (Å²) >= 11 is 3.15. The Hall–Kier alpha value is -0.600. The highest BCUT2D eigenvalue weighted by Gasteiger charge is 2.05. The molecule has 1 aromatic carbocycles. The fourth-order valence-electron chi connectivity index (χ4n) is 0.948. The molecule has 0 spiro atoms. The highest BCUT2D eigenvalue weighted by atomic mass is 79.9. The van der Waals surface area contributed by atoms with Gasteiger partial charge in [0.2, 0.25) is 0 Å². The molecule has 0 saturated carbocycles. The second kappa shape index (κ2) is 4.43. The minimum atomic E-state index is -0.493. The molecule has 1 N–H and O–H groups in total. The molecule has 1 aromatic rings. The number of hydrogen-bond donors (Lipinski definition) is 1. The van der Waals surface area contributed by atoms with Crippen LogP contribution in [0.4, 0.5) is 0 Å². The molecule has 1 rings (SSSR count). The molecule has 0 bridgehead atoms. The first-order chi connectivity index (χ1) is 5.70. The molecule has 0 radical (unpaired) electrons. The lowest BCUT2D eigenvalue weighted by atomic mass is 10.1. The van der Waals surface area contributed by atoms with Crippen LogP contribution in [0.3, 0.4) is 0 Å². The third-order valence-electron chi connectivity index (χ3n) is 1.63. The van der Waals surface area contributed by atoms with Gasteiger partial charge in [0, 0.05) is 10.9 Å². The molecular formula is C10H11BrO. The smallest absolute Gasteiger partial charge is 0.0888 e. The number of hydrogen-bond acceptors (Lipinski definition) is 1. The predicted molar refractivity (Wildman–Crippen MR) is 54.2 cm³/mol. The fourth-order valence-corrected chi connectivity index (χ4v) is 1.11. The zero-order chi connectivity index (χ0) is 8.97. The van der Waals surface area contributed by atoms with Gasteiger partial charge in [-0.15, -0.1) is 0 Å². The van der Waals surface area contributed by atoms with Gasteiger partial charge in [0.1, 0.15) is 0 Å². The van der Waals surface area contributed by atoms with Crippen molar-refractivity contribution in [2.24, 2.45) is 0 Å². The van der Waals surface area contributed by atoms with Gasteiger partial charge in [-0.3, -0.25) is 0 Å². The maximum absolute atomic E-state index is 9.43. The van der Waals surface area contributed by atoms with E-state index in [0.29, 0.717) is 10.9 Å². The quantitative estimate of drug-likeness (QED) is 0.841. The molecular weight excluding hydrogens is 216 g/mol. The first-order valence-electron chi connectivity index (χ1n) is 3.76. The van der Waals surface area contributed by atoms with E-state index in [2.05, 4.69) is 22.5 Å². The van der Waals surface area contributed by atoms with Gasteiger partial charge in [0.05, 0.1) is 6.10 Å². The highest BCUT2D eigenvalue weighted by molar-refractivity contribution is 9.11. The fraction of sp³-hybridized carbons (Fsp3) is 0.200. The number of benzene rings is 1. The summed E-state index contributed by atoms with van der Waals surface area (Å²) in [5.74, 6) is 0. The lowest BCUT2D eigenvalue weighted by Gasteiger charge is -2.07. The van der Waals surface area contributed by atoms with Gasteiger partial charge >= 0.3 is 0 Å². The monoisotopic (exact) mass is 226 g/mol. The Morgan fingerprint density at radius 2 is 2.00 bits per heavy atom. The van der Waals surface area contributed by atoms with Crippen molar-refractivity contribution in [2.45, 2.75) is 12.5 Å². The van der Waals surface area contributed by atoms with E-state index in [1.165, 1.54) is 0 Å². The van der Waals surface area contributed by atoms with Crippen LogP contribution in [0.5, 0.6) is 0 Å². The third-order valence-corrected chi connectivity index (χ3v) is 2.16. The molecule has 0 heterocycles. The first-order valence-corrected chi connectivity index (χ1v) is 4.55. The maximum Gasteiger partial charge on any atom is 0.0888 e. The van der Waals surface area contributed by atoms with Gasteiger partial charge in [0.25, 0.3) is 0 Å². The number of rotatable bonds is 3. The lowest BCUT2D eigenvalue weighted by Crippen LogP contribution is -2.09. The van der Waals surface area contributed by atoms with Crippen molar-refractivity contribution in [3.63, 3.8) is 0 Å². The summed E-state index contributed by atoms with van der Waals surface area (Å²) in [4.78, 5) is 0. The van der Waals surface area contributed by atoms with Crippen molar-refractivity contribution in [3.8, 4) is 0 Å². The minimum Gasteiger partial charge on any atom is -0.388 e. The molecule has 1 nitrogen and oxygen atoms in total. The van der Waals surface area contributed by atoms with Gasteiger partial charge in [0.15, 0.2) is 0 Å². The van der Waals surface area contributed by atoms with Gasteiger partial charge in [-0.25, -0.2) is 0 Å². The molecule has 0 amide bonds. The Morgan fingerprint density at radius 1 is 1.42 bits per heavy atom. The lowest BCUT2D eigenvalue weighted by molar-refractivity contribution is 0.221. The first kappa shape index (κ1) is 9.49. The van der Waals surface area contributed by atoms with Crippen LogP contribution in [0.1, 0.15) is 5.56 Å². The molecule has 0 aliphatic heterocycles. The van der Waals surface area contributed by atoms with Crippen LogP contribution in [0, 0.1) is 0 Å². The zero-order valence-corrected chi connectivity index (χ0v) is 8.29. The van der Waals surface area contributed by atoms with E-state index >= 15 is 0 Å². The van der Waals surface area contributed by atoms with Crippen LogP contribution in [0.15, 0.2) is 41.4 Å². The molecule has 0 fully saturated rings. The average Bonchev–Trinajstić information content (AvgIpc) is 2.06. The molecule has 1 atom stereocenters. The highest BCUT2D eigenvalue weighted by Crippen LogP contribution is 2.12. The van der Waals surface area contributed by atoms with Crippen LogP contribution in [-0.2, 0) is 6.42 Å². The van der Waals surface area contributed by atoms with Crippen LogP contribution < -0.4 is 0 Å². The molecule has 64 valence electrons. The summed E-state index contributed by atoms with van der Waals surface area (Å²) in [6.45, 7) is 3.62. The van der Waals surface area contributed by atoms with Crippen LogP contribution in [-0.4, -0.2) is 11.2 Å². The van der Waals surface area contributed by atoms with Crippen molar-refractivity contribution >= 4 is 15.9 Å². The molecule has 0 aliphatic carbocycles. The van der Waals surface area contributed by atoms with Gasteiger partial charge in [-0.1, -0.05) is 52.8 Å². The Balaban J connectivity index is 2.58. The van der Waals surface area contributed by atoms with Crippen molar-refractivity contribution < 1.29 is 5.11 Å². The van der Waals surface area contributed by atoms with Gasteiger partial charge < -0.3 is 5.11 Å². The van der Waals surface area contributed by atoms with Gasteiger partial charge in [-0.05, 0) is 5.56 Å². The van der Waals surface area contributed by atoms with E-state index in [1.54, 1.807) is 0 Å². The molecule has 2 heteroatoms.